The minimum atomic E-state index is -0.726. The lowest BCUT2D eigenvalue weighted by atomic mass is 10.1. The predicted octanol–water partition coefficient (Wildman–Crippen LogP) is 2.24. The van der Waals surface area contributed by atoms with Crippen molar-refractivity contribution in [3.63, 3.8) is 0 Å². The number of carboxylic acid groups (broad SMARTS) is 1. The monoisotopic (exact) mass is 164 g/mol. The van der Waals surface area contributed by atoms with Crippen LogP contribution in [-0.2, 0) is 4.79 Å². The van der Waals surface area contributed by atoms with Gasteiger partial charge in [-0.05, 0) is 20.3 Å². The summed E-state index contributed by atoms with van der Waals surface area (Å²) in [6.45, 7) is 3.85. The number of aliphatic carboxylic acids is 1. The molecule has 0 saturated heterocycles. The van der Waals surface area contributed by atoms with Crippen LogP contribution in [0.2, 0.25) is 0 Å². The van der Waals surface area contributed by atoms with Crippen molar-refractivity contribution in [2.75, 3.05) is 0 Å². The maximum atomic E-state index is 9.99. The Kier molecular flexibility index (Phi) is 8.07. The maximum Gasteiger partial charge on any atom is 0.303 e. The van der Waals surface area contributed by atoms with Gasteiger partial charge in [0.1, 0.15) is 0 Å². The largest absolute Gasteiger partial charge is 0.481 e. The molecular formula is C7H13ClO2. The van der Waals surface area contributed by atoms with Gasteiger partial charge in [-0.3, -0.25) is 4.79 Å². The highest BCUT2D eigenvalue weighted by molar-refractivity contribution is 5.85. The number of hydrogen-bond acceptors (Lipinski definition) is 1. The van der Waals surface area contributed by atoms with E-state index in [4.69, 9.17) is 5.11 Å². The van der Waals surface area contributed by atoms with Gasteiger partial charge in [0.15, 0.2) is 0 Å². The third-order valence-electron chi connectivity index (χ3n) is 1.23. The molecule has 0 atom stereocenters. The molecule has 0 heterocycles. The summed E-state index contributed by atoms with van der Waals surface area (Å²) in [5.41, 5.74) is 1.14. The van der Waals surface area contributed by atoms with E-state index in [0.29, 0.717) is 6.42 Å². The van der Waals surface area contributed by atoms with Crippen molar-refractivity contribution in [1.29, 1.82) is 0 Å². The molecule has 0 rings (SSSR count). The molecule has 0 spiro atoms. The van der Waals surface area contributed by atoms with E-state index >= 15 is 0 Å². The lowest BCUT2D eigenvalue weighted by molar-refractivity contribution is -0.136. The molecule has 0 aromatic heterocycles. The second-order valence-electron chi connectivity index (χ2n) is 2.03. The van der Waals surface area contributed by atoms with Crippen molar-refractivity contribution in [3.8, 4) is 0 Å². The summed E-state index contributed by atoms with van der Waals surface area (Å²) in [4.78, 5) is 9.99. The maximum absolute atomic E-state index is 9.99. The van der Waals surface area contributed by atoms with Crippen LogP contribution < -0.4 is 0 Å². The summed E-state index contributed by atoms with van der Waals surface area (Å²) >= 11 is 0. The van der Waals surface area contributed by atoms with Crippen molar-refractivity contribution < 1.29 is 9.90 Å². The molecule has 0 aliphatic carbocycles. The van der Waals surface area contributed by atoms with E-state index < -0.39 is 5.97 Å². The van der Waals surface area contributed by atoms with E-state index in [0.717, 1.165) is 5.57 Å². The highest BCUT2D eigenvalue weighted by Gasteiger charge is 1.95. The topological polar surface area (TPSA) is 37.3 Å². The van der Waals surface area contributed by atoms with Crippen LogP contribution in [-0.4, -0.2) is 11.1 Å². The minimum absolute atomic E-state index is 0. The van der Waals surface area contributed by atoms with E-state index in [-0.39, 0.29) is 18.8 Å². The van der Waals surface area contributed by atoms with Gasteiger partial charge in [0, 0.05) is 6.42 Å². The first-order chi connectivity index (χ1) is 4.16. The number of carbonyl (C=O) groups is 1. The SMILES string of the molecule is CC=C(C)CCC(=O)O.Cl. The van der Waals surface area contributed by atoms with Gasteiger partial charge in [-0.1, -0.05) is 11.6 Å². The Morgan fingerprint density at radius 2 is 2.00 bits per heavy atom. The van der Waals surface area contributed by atoms with Gasteiger partial charge in [-0.25, -0.2) is 0 Å². The smallest absolute Gasteiger partial charge is 0.303 e. The zero-order valence-electron chi connectivity index (χ0n) is 6.26. The van der Waals surface area contributed by atoms with Crippen molar-refractivity contribution >= 4 is 18.4 Å². The molecule has 0 saturated carbocycles. The summed E-state index contributed by atoms with van der Waals surface area (Å²) in [7, 11) is 0. The first-order valence-corrected chi connectivity index (χ1v) is 3.00. The minimum Gasteiger partial charge on any atom is -0.481 e. The fourth-order valence-corrected chi connectivity index (χ4v) is 0.448. The van der Waals surface area contributed by atoms with Crippen molar-refractivity contribution in [1.82, 2.24) is 0 Å². The van der Waals surface area contributed by atoms with Crippen molar-refractivity contribution in [2.45, 2.75) is 26.7 Å². The Balaban J connectivity index is 0. The third-order valence-corrected chi connectivity index (χ3v) is 1.23. The zero-order chi connectivity index (χ0) is 7.28. The van der Waals surface area contributed by atoms with Crippen LogP contribution in [0.15, 0.2) is 11.6 Å². The van der Waals surface area contributed by atoms with Gasteiger partial charge >= 0.3 is 5.97 Å². The highest BCUT2D eigenvalue weighted by atomic mass is 35.5. The van der Waals surface area contributed by atoms with Crippen molar-refractivity contribution in [2.24, 2.45) is 0 Å². The van der Waals surface area contributed by atoms with Gasteiger partial charge in [-0.15, -0.1) is 12.4 Å². The van der Waals surface area contributed by atoms with Gasteiger partial charge < -0.3 is 5.11 Å². The number of allylic oxidation sites excluding steroid dienone is 2. The Labute approximate surface area is 67.3 Å². The molecule has 3 heteroatoms. The average Bonchev–Trinajstić information content (AvgIpc) is 1.83. The van der Waals surface area contributed by atoms with Gasteiger partial charge in [0.2, 0.25) is 0 Å². The molecule has 0 amide bonds. The van der Waals surface area contributed by atoms with Crippen LogP contribution in [0, 0.1) is 0 Å². The molecule has 2 nitrogen and oxygen atoms in total. The Bertz CT molecular complexity index is 130. The summed E-state index contributed by atoms with van der Waals surface area (Å²) < 4.78 is 0. The van der Waals surface area contributed by atoms with E-state index in [1.165, 1.54) is 0 Å². The van der Waals surface area contributed by atoms with E-state index in [9.17, 15) is 4.79 Å². The lowest BCUT2D eigenvalue weighted by Gasteiger charge is -1.93. The lowest BCUT2D eigenvalue weighted by Crippen LogP contribution is -1.93. The number of hydrogen-bond donors (Lipinski definition) is 1. The number of rotatable bonds is 3. The summed E-state index contributed by atoms with van der Waals surface area (Å²) in [5.74, 6) is -0.726. The van der Waals surface area contributed by atoms with E-state index in [1.807, 2.05) is 19.9 Å². The molecule has 0 radical (unpaired) electrons. The van der Waals surface area contributed by atoms with Crippen LogP contribution >= 0.6 is 12.4 Å². The first kappa shape index (κ1) is 12.2. The molecule has 0 aliphatic heterocycles. The van der Waals surface area contributed by atoms with Crippen LogP contribution in [0.25, 0.3) is 0 Å². The van der Waals surface area contributed by atoms with Gasteiger partial charge in [0.25, 0.3) is 0 Å². The molecule has 0 bridgehead atoms. The molecule has 1 N–H and O–H groups in total. The zero-order valence-corrected chi connectivity index (χ0v) is 7.07. The standard InChI is InChI=1S/C7H12O2.ClH/c1-3-6(2)4-5-7(8)9;/h3H,4-5H2,1-2H3,(H,8,9);1H. The fourth-order valence-electron chi connectivity index (χ4n) is 0.448. The molecule has 0 aliphatic rings. The molecule has 0 fully saturated rings. The summed E-state index contributed by atoms with van der Waals surface area (Å²) in [6.07, 6.45) is 2.85. The predicted molar refractivity (Wildman–Crippen MR) is 43.5 cm³/mol. The second-order valence-corrected chi connectivity index (χ2v) is 2.03. The second kappa shape index (κ2) is 6.62. The average molecular weight is 165 g/mol. The molecule has 0 aromatic rings. The molecule has 0 unspecified atom stereocenters. The Morgan fingerprint density at radius 1 is 1.50 bits per heavy atom. The summed E-state index contributed by atoms with van der Waals surface area (Å²) in [5, 5.41) is 8.23. The van der Waals surface area contributed by atoms with Crippen LogP contribution in [0.4, 0.5) is 0 Å². The van der Waals surface area contributed by atoms with Crippen LogP contribution in [0.5, 0.6) is 0 Å². The first-order valence-electron chi connectivity index (χ1n) is 3.00. The Hall–Kier alpha value is -0.500. The van der Waals surface area contributed by atoms with E-state index in [2.05, 4.69) is 0 Å². The fraction of sp³-hybridized carbons (Fsp3) is 0.571. The summed E-state index contributed by atoms with van der Waals surface area (Å²) in [6, 6.07) is 0. The van der Waals surface area contributed by atoms with Crippen LogP contribution in [0.1, 0.15) is 26.7 Å². The number of carboxylic acids is 1. The van der Waals surface area contributed by atoms with E-state index in [1.54, 1.807) is 0 Å². The third kappa shape index (κ3) is 7.50. The number of halogens is 1. The molecule has 10 heavy (non-hydrogen) atoms. The molecular weight excluding hydrogens is 152 g/mol. The normalized spacial score (nSPS) is 10.4. The van der Waals surface area contributed by atoms with Crippen molar-refractivity contribution in [3.05, 3.63) is 11.6 Å². The highest BCUT2D eigenvalue weighted by Crippen LogP contribution is 2.01. The Morgan fingerprint density at radius 3 is 2.30 bits per heavy atom. The molecule has 0 aromatic carbocycles. The quantitative estimate of drug-likeness (QED) is 0.650. The molecule has 60 valence electrons. The van der Waals surface area contributed by atoms with Crippen LogP contribution in [0.3, 0.4) is 0 Å². The van der Waals surface area contributed by atoms with Gasteiger partial charge in [-0.2, -0.15) is 0 Å². The van der Waals surface area contributed by atoms with Gasteiger partial charge in [0.05, 0.1) is 0 Å².